The molecule has 3 heterocycles. The van der Waals surface area contributed by atoms with Crippen molar-refractivity contribution in [1.29, 1.82) is 0 Å². The molecule has 1 fully saturated rings. The minimum Gasteiger partial charge on any atom is -0.388 e. The van der Waals surface area contributed by atoms with E-state index in [9.17, 15) is 14.3 Å². The van der Waals surface area contributed by atoms with Crippen LogP contribution in [0.5, 0.6) is 0 Å². The van der Waals surface area contributed by atoms with E-state index in [2.05, 4.69) is 15.2 Å². The highest BCUT2D eigenvalue weighted by Gasteiger charge is 2.46. The highest BCUT2D eigenvalue weighted by molar-refractivity contribution is 7.10. The second-order valence-electron chi connectivity index (χ2n) is 7.96. The van der Waals surface area contributed by atoms with Gasteiger partial charge in [-0.15, -0.1) is 11.3 Å². The van der Waals surface area contributed by atoms with Crippen LogP contribution in [0.25, 0.3) is 0 Å². The van der Waals surface area contributed by atoms with Crippen LogP contribution in [0.3, 0.4) is 0 Å². The Hall–Kier alpha value is -2.32. The molecule has 0 saturated carbocycles. The van der Waals surface area contributed by atoms with Crippen molar-refractivity contribution in [3.63, 3.8) is 0 Å². The summed E-state index contributed by atoms with van der Waals surface area (Å²) < 4.78 is 13.3. The molecule has 5 nitrogen and oxygen atoms in total. The van der Waals surface area contributed by atoms with E-state index in [0.29, 0.717) is 30.1 Å². The van der Waals surface area contributed by atoms with E-state index in [0.717, 1.165) is 10.4 Å². The molecule has 0 aliphatic carbocycles. The van der Waals surface area contributed by atoms with Crippen molar-refractivity contribution in [3.05, 3.63) is 87.1 Å². The van der Waals surface area contributed by atoms with Gasteiger partial charge in [0.15, 0.2) is 0 Å². The zero-order valence-electron chi connectivity index (χ0n) is 17.0. The van der Waals surface area contributed by atoms with E-state index >= 15 is 0 Å². The first-order chi connectivity index (χ1) is 14.8. The fraction of sp³-hybridized carbons (Fsp3) is 0.304. The summed E-state index contributed by atoms with van der Waals surface area (Å²) in [4.78, 5) is 20.3. The predicted octanol–water partition coefficient (Wildman–Crippen LogP) is 4.43. The quantitative estimate of drug-likeness (QED) is 0.592. The lowest BCUT2D eigenvalue weighted by molar-refractivity contribution is -0.0656. The third-order valence-corrected chi connectivity index (χ3v) is 7.03. The number of aliphatic hydroxyl groups is 1. The van der Waals surface area contributed by atoms with Gasteiger partial charge in [0.2, 0.25) is 0 Å². The Bertz CT molecular complexity index is 1040. The molecule has 3 aromatic rings. The minimum absolute atomic E-state index is 0.252. The number of nitrogens with zero attached hydrogens (tertiary/aromatic N) is 2. The molecule has 3 unspecified atom stereocenters. The standard InChI is InChI=1S/C23H23ClFN3O2S/c1-23(30)9-11-28(14-16-8-10-26-13-18(16)24)20(19-3-2-12-31-19)21(23)27-22(29)15-4-6-17(25)7-5-15/h2-8,10,12-13,20-21,30H,9,11,14H2,1H3,(H,27,29). The third-order valence-electron chi connectivity index (χ3n) is 5.74. The van der Waals surface area contributed by atoms with E-state index in [4.69, 9.17) is 11.6 Å². The molecule has 0 bridgehead atoms. The van der Waals surface area contributed by atoms with Gasteiger partial charge in [-0.1, -0.05) is 17.7 Å². The molecule has 1 aromatic carbocycles. The molecular formula is C23H23ClFN3O2S. The van der Waals surface area contributed by atoms with Crippen LogP contribution in [0.2, 0.25) is 5.02 Å². The maximum atomic E-state index is 13.3. The normalized spacial score (nSPS) is 24.1. The van der Waals surface area contributed by atoms with Crippen LogP contribution in [-0.4, -0.2) is 39.1 Å². The Kier molecular flexibility index (Phi) is 6.39. The number of amides is 1. The maximum Gasteiger partial charge on any atom is 0.251 e. The van der Waals surface area contributed by atoms with Crippen molar-refractivity contribution < 1.29 is 14.3 Å². The molecule has 0 spiro atoms. The molecule has 0 radical (unpaired) electrons. The van der Waals surface area contributed by atoms with E-state index in [1.165, 1.54) is 24.3 Å². The minimum atomic E-state index is -1.12. The average molecular weight is 460 g/mol. The summed E-state index contributed by atoms with van der Waals surface area (Å²) in [7, 11) is 0. The number of hydrogen-bond acceptors (Lipinski definition) is 5. The molecule has 162 valence electrons. The average Bonchev–Trinajstić information content (AvgIpc) is 3.27. The van der Waals surface area contributed by atoms with Crippen molar-refractivity contribution in [3.8, 4) is 0 Å². The van der Waals surface area contributed by atoms with Crippen LogP contribution in [-0.2, 0) is 6.54 Å². The molecule has 31 heavy (non-hydrogen) atoms. The van der Waals surface area contributed by atoms with Crippen molar-refractivity contribution >= 4 is 28.8 Å². The van der Waals surface area contributed by atoms with Crippen LogP contribution in [0.1, 0.15) is 40.2 Å². The number of benzene rings is 1. The number of pyridine rings is 1. The molecule has 3 atom stereocenters. The number of carbonyl (C=O) groups excluding carboxylic acids is 1. The van der Waals surface area contributed by atoms with Gasteiger partial charge in [0.1, 0.15) is 5.82 Å². The largest absolute Gasteiger partial charge is 0.388 e. The SMILES string of the molecule is CC1(O)CCN(Cc2ccncc2Cl)C(c2cccs2)C1NC(=O)c1ccc(F)cc1. The summed E-state index contributed by atoms with van der Waals surface area (Å²) in [6.07, 6.45) is 3.80. The zero-order valence-corrected chi connectivity index (χ0v) is 18.5. The Morgan fingerprint density at radius 3 is 2.81 bits per heavy atom. The molecule has 1 amide bonds. The highest BCUT2D eigenvalue weighted by Crippen LogP contribution is 2.40. The van der Waals surface area contributed by atoms with Crippen molar-refractivity contribution in [2.24, 2.45) is 0 Å². The number of thiophene rings is 1. The summed E-state index contributed by atoms with van der Waals surface area (Å²) in [5, 5.41) is 16.8. The van der Waals surface area contributed by atoms with Gasteiger partial charge in [-0.3, -0.25) is 14.7 Å². The molecule has 2 aromatic heterocycles. The van der Waals surface area contributed by atoms with Gasteiger partial charge in [-0.2, -0.15) is 0 Å². The number of piperidine rings is 1. The Labute approximate surface area is 189 Å². The van der Waals surface area contributed by atoms with Crippen LogP contribution in [0.15, 0.2) is 60.2 Å². The lowest BCUT2D eigenvalue weighted by atomic mass is 9.81. The topological polar surface area (TPSA) is 65.5 Å². The fourth-order valence-corrected chi connectivity index (χ4v) is 5.08. The van der Waals surface area contributed by atoms with Gasteiger partial charge in [-0.05, 0) is 60.7 Å². The van der Waals surface area contributed by atoms with Gasteiger partial charge in [0.05, 0.1) is 22.7 Å². The van der Waals surface area contributed by atoms with E-state index < -0.39 is 17.5 Å². The van der Waals surface area contributed by atoms with E-state index in [1.807, 2.05) is 23.6 Å². The van der Waals surface area contributed by atoms with Gasteiger partial charge in [-0.25, -0.2) is 4.39 Å². The monoisotopic (exact) mass is 459 g/mol. The number of hydrogen-bond donors (Lipinski definition) is 2. The van der Waals surface area contributed by atoms with Gasteiger partial charge >= 0.3 is 0 Å². The number of likely N-dealkylation sites (tertiary alicyclic amines) is 1. The second kappa shape index (κ2) is 9.04. The molecule has 1 aliphatic heterocycles. The first-order valence-electron chi connectivity index (χ1n) is 10.00. The molecule has 8 heteroatoms. The predicted molar refractivity (Wildman–Crippen MR) is 120 cm³/mol. The summed E-state index contributed by atoms with van der Waals surface area (Å²) >= 11 is 7.93. The first-order valence-corrected chi connectivity index (χ1v) is 11.3. The summed E-state index contributed by atoms with van der Waals surface area (Å²) in [6, 6.07) is 10.4. The number of carbonyl (C=O) groups is 1. The second-order valence-corrected chi connectivity index (χ2v) is 9.35. The molecular weight excluding hydrogens is 437 g/mol. The lowest BCUT2D eigenvalue weighted by Gasteiger charge is -2.48. The molecule has 4 rings (SSSR count). The van der Waals surface area contributed by atoms with E-state index in [-0.39, 0.29) is 11.9 Å². The van der Waals surface area contributed by atoms with Crippen LogP contribution < -0.4 is 5.32 Å². The summed E-state index contributed by atoms with van der Waals surface area (Å²) in [5.74, 6) is -0.756. The van der Waals surface area contributed by atoms with Crippen molar-refractivity contribution in [2.45, 2.75) is 37.6 Å². The molecule has 1 aliphatic rings. The van der Waals surface area contributed by atoms with E-state index in [1.54, 1.807) is 30.7 Å². The third kappa shape index (κ3) is 4.80. The number of rotatable bonds is 5. The Balaban J connectivity index is 1.66. The van der Waals surface area contributed by atoms with Crippen molar-refractivity contribution in [2.75, 3.05) is 6.54 Å². The van der Waals surface area contributed by atoms with Crippen LogP contribution in [0, 0.1) is 5.82 Å². The van der Waals surface area contributed by atoms with Gasteiger partial charge in [0, 0.05) is 35.9 Å². The molecule has 2 N–H and O–H groups in total. The Morgan fingerprint density at radius 1 is 1.35 bits per heavy atom. The summed E-state index contributed by atoms with van der Waals surface area (Å²) in [5.41, 5.74) is 0.155. The highest BCUT2D eigenvalue weighted by atomic mass is 35.5. The van der Waals surface area contributed by atoms with Crippen molar-refractivity contribution in [1.82, 2.24) is 15.2 Å². The van der Waals surface area contributed by atoms with Gasteiger partial charge < -0.3 is 10.4 Å². The Morgan fingerprint density at radius 2 is 2.13 bits per heavy atom. The number of halogens is 2. The van der Waals surface area contributed by atoms with Crippen LogP contribution in [0.4, 0.5) is 4.39 Å². The van der Waals surface area contributed by atoms with Crippen LogP contribution >= 0.6 is 22.9 Å². The smallest absolute Gasteiger partial charge is 0.251 e. The maximum absolute atomic E-state index is 13.3. The lowest BCUT2D eigenvalue weighted by Crippen LogP contribution is -2.62. The zero-order chi connectivity index (χ0) is 22.0. The fourth-order valence-electron chi connectivity index (χ4n) is 4.01. The number of aromatic nitrogens is 1. The number of nitrogens with one attached hydrogen (secondary N) is 1. The van der Waals surface area contributed by atoms with Gasteiger partial charge in [0.25, 0.3) is 5.91 Å². The first kappa shape index (κ1) is 21.9. The summed E-state index contributed by atoms with van der Waals surface area (Å²) in [6.45, 7) is 2.94. The molecule has 1 saturated heterocycles.